The molecular weight excluding hydrogens is 628 g/mol. The molecule has 0 unspecified atom stereocenters. The molecule has 7 N–H and O–H groups in total. The number of aliphatic hydroxyl groups is 4. The number of aliphatic hydroxyl groups excluding tert-OH is 4. The highest BCUT2D eigenvalue weighted by atomic mass is 35.5. The minimum atomic E-state index is -1.62. The lowest BCUT2D eigenvalue weighted by Crippen LogP contribution is -2.60. The molecule has 4 aromatic rings. The lowest BCUT2D eigenvalue weighted by molar-refractivity contribution is -0.277. The number of H-pyrrole nitrogens is 1. The summed E-state index contributed by atoms with van der Waals surface area (Å²) in [5.41, 5.74) is 9.41. The molecule has 1 amide bonds. The molecule has 1 fully saturated rings. The minimum Gasteiger partial charge on any atom is -0.492 e. The number of ether oxygens (including phenoxy) is 3. The molecule has 6 rings (SSSR count). The second kappa shape index (κ2) is 13.6. The number of halogens is 1. The Kier molecular flexibility index (Phi) is 9.66. The summed E-state index contributed by atoms with van der Waals surface area (Å²) in [6.45, 7) is 3.17. The Morgan fingerprint density at radius 1 is 1.11 bits per heavy atom. The highest BCUT2D eigenvalue weighted by molar-refractivity contribution is 6.22. The smallest absolute Gasteiger partial charge is 0.274 e. The van der Waals surface area contributed by atoms with Crippen molar-refractivity contribution in [2.45, 2.75) is 55.5 Å². The summed E-state index contributed by atoms with van der Waals surface area (Å²) in [7, 11) is 3.96. The van der Waals surface area contributed by atoms with E-state index in [1.54, 1.807) is 17.0 Å². The maximum absolute atomic E-state index is 14.2. The van der Waals surface area contributed by atoms with Crippen LogP contribution in [0.1, 0.15) is 34.5 Å². The van der Waals surface area contributed by atoms with Crippen LogP contribution in [0.25, 0.3) is 21.7 Å². The van der Waals surface area contributed by atoms with Gasteiger partial charge in [-0.05, 0) is 67.9 Å². The van der Waals surface area contributed by atoms with Gasteiger partial charge in [0, 0.05) is 53.3 Å². The first-order valence-corrected chi connectivity index (χ1v) is 16.1. The Bertz CT molecular complexity index is 1760. The van der Waals surface area contributed by atoms with Crippen molar-refractivity contribution in [2.24, 2.45) is 5.73 Å². The fraction of sp³-hybridized carbons (Fsp3) is 0.441. The zero-order chi connectivity index (χ0) is 33.6. The highest BCUT2D eigenvalue weighted by Crippen LogP contribution is 2.48. The molecule has 0 spiro atoms. The second-order valence-electron chi connectivity index (χ2n) is 12.5. The topological polar surface area (TPSA) is 174 Å². The van der Waals surface area contributed by atoms with E-state index in [2.05, 4.69) is 4.98 Å². The minimum absolute atomic E-state index is 0.218. The Morgan fingerprint density at radius 3 is 2.60 bits per heavy atom. The first kappa shape index (κ1) is 33.4. The third-order valence-corrected chi connectivity index (χ3v) is 9.29. The van der Waals surface area contributed by atoms with Crippen LogP contribution >= 0.6 is 11.6 Å². The van der Waals surface area contributed by atoms with Crippen molar-refractivity contribution < 1.29 is 39.4 Å². The van der Waals surface area contributed by atoms with E-state index in [1.165, 1.54) is 0 Å². The van der Waals surface area contributed by atoms with Crippen LogP contribution in [0.15, 0.2) is 48.5 Å². The predicted molar refractivity (Wildman–Crippen MR) is 178 cm³/mol. The average Bonchev–Trinajstić information content (AvgIpc) is 3.66. The molecule has 0 aliphatic carbocycles. The summed E-state index contributed by atoms with van der Waals surface area (Å²) >= 11 is 6.76. The summed E-state index contributed by atoms with van der Waals surface area (Å²) in [6, 6.07) is 14.8. The van der Waals surface area contributed by atoms with Gasteiger partial charge in [-0.25, -0.2) is 0 Å². The Hall–Kier alpha value is -3.46. The SMILES string of the molecule is C[C@@H](Cl)[C@@H]1CN(C(=O)c2cc3cc(OCCN(C)C)ccc3[nH]2)c2cc(O[C@@H]3O[C@H](CO)[C@H](O)[C@H](O)[C@H]3O)c3cc(CN)ccc3c21. The number of nitrogens with zero attached hydrogens (tertiary/aromatic N) is 2. The predicted octanol–water partition coefficient (Wildman–Crippen LogP) is 2.27. The van der Waals surface area contributed by atoms with E-state index < -0.39 is 37.3 Å². The molecule has 7 atom stereocenters. The van der Waals surface area contributed by atoms with Crippen molar-refractivity contribution in [1.82, 2.24) is 9.88 Å². The largest absolute Gasteiger partial charge is 0.492 e. The van der Waals surface area contributed by atoms with E-state index in [4.69, 9.17) is 31.5 Å². The zero-order valence-corrected chi connectivity index (χ0v) is 27.2. The highest BCUT2D eigenvalue weighted by Gasteiger charge is 2.45. The molecule has 2 aliphatic rings. The number of benzene rings is 3. The van der Waals surface area contributed by atoms with Crippen LogP contribution in [0.3, 0.4) is 0 Å². The van der Waals surface area contributed by atoms with E-state index in [0.717, 1.165) is 34.0 Å². The van der Waals surface area contributed by atoms with Gasteiger partial charge in [0.1, 0.15) is 48.2 Å². The summed E-state index contributed by atoms with van der Waals surface area (Å²) in [5, 5.41) is 43.1. The quantitative estimate of drug-likeness (QED) is 0.138. The molecule has 47 heavy (non-hydrogen) atoms. The number of rotatable bonds is 10. The lowest BCUT2D eigenvalue weighted by atomic mass is 9.91. The van der Waals surface area contributed by atoms with E-state index in [1.807, 2.05) is 62.3 Å². The van der Waals surface area contributed by atoms with Crippen molar-refractivity contribution in [2.75, 3.05) is 45.3 Å². The number of alkyl halides is 1. The monoisotopic (exact) mass is 668 g/mol. The first-order valence-electron chi connectivity index (χ1n) is 15.6. The zero-order valence-electron chi connectivity index (χ0n) is 26.5. The lowest BCUT2D eigenvalue weighted by Gasteiger charge is -2.39. The van der Waals surface area contributed by atoms with Crippen LogP contribution in [-0.4, -0.2) is 113 Å². The van der Waals surface area contributed by atoms with Gasteiger partial charge >= 0.3 is 0 Å². The Balaban J connectivity index is 1.40. The van der Waals surface area contributed by atoms with Gasteiger partial charge in [-0.3, -0.25) is 4.79 Å². The van der Waals surface area contributed by atoms with Crippen molar-refractivity contribution in [3.05, 3.63) is 65.4 Å². The number of hydrogen-bond acceptors (Lipinski definition) is 10. The van der Waals surface area contributed by atoms with Gasteiger partial charge < -0.3 is 55.2 Å². The van der Waals surface area contributed by atoms with Crippen molar-refractivity contribution in [3.63, 3.8) is 0 Å². The third-order valence-electron chi connectivity index (χ3n) is 8.98. The fourth-order valence-corrected chi connectivity index (χ4v) is 6.54. The van der Waals surface area contributed by atoms with Crippen LogP contribution in [0.5, 0.6) is 11.5 Å². The number of hydrogen-bond donors (Lipinski definition) is 6. The van der Waals surface area contributed by atoms with Gasteiger partial charge in [-0.1, -0.05) is 12.1 Å². The first-order chi connectivity index (χ1) is 22.5. The van der Waals surface area contributed by atoms with Crippen LogP contribution in [0.2, 0.25) is 0 Å². The molecule has 2 aliphatic heterocycles. The van der Waals surface area contributed by atoms with Crippen LogP contribution < -0.4 is 20.1 Å². The number of anilines is 1. The summed E-state index contributed by atoms with van der Waals surface area (Å²) < 4.78 is 17.8. The molecule has 0 bridgehead atoms. The molecule has 0 saturated carbocycles. The number of carbonyl (C=O) groups excluding carboxylic acids is 1. The Morgan fingerprint density at radius 2 is 1.89 bits per heavy atom. The van der Waals surface area contributed by atoms with Crippen molar-refractivity contribution >= 4 is 44.9 Å². The van der Waals surface area contributed by atoms with Crippen LogP contribution in [-0.2, 0) is 11.3 Å². The molecule has 1 aromatic heterocycles. The summed E-state index contributed by atoms with van der Waals surface area (Å²) in [4.78, 5) is 21.2. The van der Waals surface area contributed by atoms with Gasteiger partial charge in [0.25, 0.3) is 5.91 Å². The number of aromatic amines is 1. The average molecular weight is 669 g/mol. The van der Waals surface area contributed by atoms with Crippen molar-refractivity contribution in [3.8, 4) is 11.5 Å². The second-order valence-corrected chi connectivity index (χ2v) is 13.2. The molecule has 13 heteroatoms. The normalized spacial score (nSPS) is 25.0. The van der Waals surface area contributed by atoms with Crippen LogP contribution in [0.4, 0.5) is 5.69 Å². The van der Waals surface area contributed by atoms with E-state index in [9.17, 15) is 25.2 Å². The number of likely N-dealkylation sites (N-methyl/N-ethyl adjacent to an activating group) is 1. The molecule has 12 nitrogen and oxygen atoms in total. The van der Waals surface area contributed by atoms with Crippen molar-refractivity contribution in [1.29, 1.82) is 0 Å². The summed E-state index contributed by atoms with van der Waals surface area (Å²) in [5.74, 6) is 0.478. The number of fused-ring (bicyclic) bond motifs is 4. The van der Waals surface area contributed by atoms with E-state index in [0.29, 0.717) is 35.7 Å². The maximum Gasteiger partial charge on any atom is 0.274 e. The van der Waals surface area contributed by atoms with E-state index >= 15 is 0 Å². The maximum atomic E-state index is 14.2. The van der Waals surface area contributed by atoms with Gasteiger partial charge in [-0.15, -0.1) is 11.6 Å². The number of carbonyl (C=O) groups is 1. The number of aromatic nitrogens is 1. The standard InChI is InChI=1S/C34H41ClN4O8/c1-17(35)23-15-39(33(44)25-12-19-11-20(5-7-24(19)37-25)45-9-8-38(2)3)26-13-27(22-10-18(14-36)4-6-21(22)29(23)26)46-34-32(43)31(42)30(41)28(16-40)47-34/h4-7,10-13,17,23,28,30-32,34,37,40-43H,8-9,14-16,36H2,1-3H3/t17-,23+,28-,30+,31+,32-,34-/m1/s1. The van der Waals surface area contributed by atoms with Gasteiger partial charge in [0.05, 0.1) is 12.3 Å². The number of nitrogens with one attached hydrogen (secondary N) is 1. The number of amides is 1. The Labute approximate surface area is 277 Å². The van der Waals surface area contributed by atoms with Crippen LogP contribution in [0, 0.1) is 0 Å². The van der Waals surface area contributed by atoms with Gasteiger partial charge in [0.15, 0.2) is 0 Å². The molecule has 3 heterocycles. The molecule has 0 radical (unpaired) electrons. The molecular formula is C34H41ClN4O8. The third kappa shape index (κ3) is 6.40. The molecule has 252 valence electrons. The molecule has 3 aromatic carbocycles. The summed E-state index contributed by atoms with van der Waals surface area (Å²) in [6.07, 6.45) is -7.35. The van der Waals surface area contributed by atoms with Gasteiger partial charge in [-0.2, -0.15) is 0 Å². The number of nitrogens with two attached hydrogens (primary N) is 1. The molecule has 1 saturated heterocycles. The van der Waals surface area contributed by atoms with Gasteiger partial charge in [0.2, 0.25) is 6.29 Å². The van der Waals surface area contributed by atoms with E-state index in [-0.39, 0.29) is 29.5 Å². The fourth-order valence-electron chi connectivity index (χ4n) is 6.34.